The average molecular weight is 246 g/mol. The predicted octanol–water partition coefficient (Wildman–Crippen LogP) is 2.28. The summed E-state index contributed by atoms with van der Waals surface area (Å²) in [6, 6.07) is 7.92. The van der Waals surface area contributed by atoms with Gasteiger partial charge in [0.2, 0.25) is 0 Å². The molecule has 18 heavy (non-hydrogen) atoms. The number of hydrogen-bond acceptors (Lipinski definition) is 4. The lowest BCUT2D eigenvalue weighted by Crippen LogP contribution is -2.28. The Morgan fingerprint density at radius 3 is 2.67 bits per heavy atom. The molecule has 1 aromatic carbocycles. The van der Waals surface area contributed by atoms with Crippen LogP contribution in [-0.2, 0) is 0 Å². The molecule has 1 saturated carbocycles. The summed E-state index contributed by atoms with van der Waals surface area (Å²) in [7, 11) is 1.60. The molecule has 0 aliphatic heterocycles. The first-order chi connectivity index (χ1) is 8.74. The molecule has 96 valence electrons. The SMILES string of the molecule is COc1cccc(C#N)c1NC1CCC(O)CC1. The second-order valence-corrected chi connectivity index (χ2v) is 4.64. The van der Waals surface area contributed by atoms with E-state index < -0.39 is 0 Å². The molecule has 0 bridgehead atoms. The molecule has 1 fully saturated rings. The Morgan fingerprint density at radius 2 is 2.06 bits per heavy atom. The van der Waals surface area contributed by atoms with Gasteiger partial charge in [0.1, 0.15) is 11.8 Å². The minimum atomic E-state index is -0.170. The highest BCUT2D eigenvalue weighted by atomic mass is 16.5. The fourth-order valence-corrected chi connectivity index (χ4v) is 2.37. The highest BCUT2D eigenvalue weighted by Crippen LogP contribution is 2.31. The Labute approximate surface area is 107 Å². The standard InChI is InChI=1S/C14H18N2O2/c1-18-13-4-2-3-10(9-15)14(13)16-11-5-7-12(17)8-6-11/h2-4,11-12,16-17H,5-8H2,1H3. The van der Waals surface area contributed by atoms with Gasteiger partial charge in [-0.2, -0.15) is 5.26 Å². The molecule has 4 nitrogen and oxygen atoms in total. The summed E-state index contributed by atoms with van der Waals surface area (Å²) in [5, 5.41) is 22.0. The molecular weight excluding hydrogens is 228 g/mol. The molecule has 1 aliphatic rings. The quantitative estimate of drug-likeness (QED) is 0.858. The van der Waals surface area contributed by atoms with E-state index in [0.29, 0.717) is 17.4 Å². The minimum Gasteiger partial charge on any atom is -0.495 e. The first-order valence-corrected chi connectivity index (χ1v) is 6.26. The van der Waals surface area contributed by atoms with Gasteiger partial charge in [-0.15, -0.1) is 0 Å². The van der Waals surface area contributed by atoms with Crippen molar-refractivity contribution in [2.45, 2.75) is 37.8 Å². The van der Waals surface area contributed by atoms with Gasteiger partial charge in [0.05, 0.1) is 24.5 Å². The maximum absolute atomic E-state index is 9.49. The molecule has 0 heterocycles. The summed E-state index contributed by atoms with van der Waals surface area (Å²) in [4.78, 5) is 0. The summed E-state index contributed by atoms with van der Waals surface area (Å²) in [6.07, 6.45) is 3.30. The molecule has 0 aromatic heterocycles. The van der Waals surface area contributed by atoms with E-state index in [1.54, 1.807) is 13.2 Å². The van der Waals surface area contributed by atoms with Gasteiger partial charge in [-0.25, -0.2) is 0 Å². The van der Waals surface area contributed by atoms with Crippen molar-refractivity contribution >= 4 is 5.69 Å². The topological polar surface area (TPSA) is 65.3 Å². The molecule has 2 N–H and O–H groups in total. The highest BCUT2D eigenvalue weighted by Gasteiger charge is 2.21. The Balaban J connectivity index is 2.15. The summed E-state index contributed by atoms with van der Waals surface area (Å²) in [6.45, 7) is 0. The van der Waals surface area contributed by atoms with Crippen molar-refractivity contribution in [2.75, 3.05) is 12.4 Å². The zero-order valence-corrected chi connectivity index (χ0v) is 10.5. The third-order valence-corrected chi connectivity index (χ3v) is 3.41. The lowest BCUT2D eigenvalue weighted by molar-refractivity contribution is 0.126. The van der Waals surface area contributed by atoms with E-state index in [4.69, 9.17) is 10.00 Å². The molecule has 1 aliphatic carbocycles. The summed E-state index contributed by atoms with van der Waals surface area (Å²) >= 11 is 0. The van der Waals surface area contributed by atoms with Crippen LogP contribution < -0.4 is 10.1 Å². The van der Waals surface area contributed by atoms with E-state index in [1.807, 2.05) is 12.1 Å². The maximum atomic E-state index is 9.49. The van der Waals surface area contributed by atoms with Crippen LogP contribution in [0, 0.1) is 11.3 Å². The summed E-state index contributed by atoms with van der Waals surface area (Å²) in [5.41, 5.74) is 1.37. The smallest absolute Gasteiger partial charge is 0.143 e. The second-order valence-electron chi connectivity index (χ2n) is 4.64. The van der Waals surface area contributed by atoms with E-state index in [9.17, 15) is 5.11 Å². The van der Waals surface area contributed by atoms with Gasteiger partial charge >= 0.3 is 0 Å². The van der Waals surface area contributed by atoms with Gasteiger partial charge in [0.25, 0.3) is 0 Å². The minimum absolute atomic E-state index is 0.170. The molecule has 0 unspecified atom stereocenters. The van der Waals surface area contributed by atoms with Crippen LogP contribution in [0.5, 0.6) is 5.75 Å². The number of nitrogens with one attached hydrogen (secondary N) is 1. The van der Waals surface area contributed by atoms with Gasteiger partial charge < -0.3 is 15.2 Å². The number of methoxy groups -OCH3 is 1. The Morgan fingerprint density at radius 1 is 1.33 bits per heavy atom. The number of hydrogen-bond donors (Lipinski definition) is 2. The molecule has 0 atom stereocenters. The number of aliphatic hydroxyl groups is 1. The number of ether oxygens (including phenoxy) is 1. The number of aliphatic hydroxyl groups excluding tert-OH is 1. The first-order valence-electron chi connectivity index (χ1n) is 6.26. The number of para-hydroxylation sites is 1. The Hall–Kier alpha value is -1.73. The van der Waals surface area contributed by atoms with Gasteiger partial charge in [-0.1, -0.05) is 6.07 Å². The molecule has 1 aromatic rings. The van der Waals surface area contributed by atoms with Crippen molar-refractivity contribution < 1.29 is 9.84 Å². The average Bonchev–Trinajstić information content (AvgIpc) is 2.41. The van der Waals surface area contributed by atoms with E-state index in [1.165, 1.54) is 0 Å². The zero-order valence-electron chi connectivity index (χ0n) is 10.5. The van der Waals surface area contributed by atoms with Crippen molar-refractivity contribution in [2.24, 2.45) is 0 Å². The normalized spacial score (nSPS) is 23.2. The fraction of sp³-hybridized carbons (Fsp3) is 0.500. The van der Waals surface area contributed by atoms with Gasteiger partial charge in [0.15, 0.2) is 0 Å². The largest absolute Gasteiger partial charge is 0.495 e. The number of rotatable bonds is 3. The van der Waals surface area contributed by atoms with Crippen LogP contribution >= 0.6 is 0 Å². The molecule has 0 saturated heterocycles. The van der Waals surface area contributed by atoms with E-state index in [2.05, 4.69) is 11.4 Å². The van der Waals surface area contributed by atoms with Crippen LogP contribution in [0.1, 0.15) is 31.2 Å². The Kier molecular flexibility index (Phi) is 4.06. The molecule has 4 heteroatoms. The van der Waals surface area contributed by atoms with Crippen LogP contribution in [0.3, 0.4) is 0 Å². The van der Waals surface area contributed by atoms with Gasteiger partial charge in [-0.3, -0.25) is 0 Å². The van der Waals surface area contributed by atoms with Crippen molar-refractivity contribution in [3.05, 3.63) is 23.8 Å². The first kappa shape index (κ1) is 12.7. The molecule has 0 amide bonds. The van der Waals surface area contributed by atoms with Crippen LogP contribution in [0.15, 0.2) is 18.2 Å². The number of nitrogens with zero attached hydrogens (tertiary/aromatic N) is 1. The van der Waals surface area contributed by atoms with Crippen LogP contribution in [0.4, 0.5) is 5.69 Å². The van der Waals surface area contributed by atoms with Crippen LogP contribution in [0.25, 0.3) is 0 Å². The van der Waals surface area contributed by atoms with Crippen molar-refractivity contribution in [3.8, 4) is 11.8 Å². The summed E-state index contributed by atoms with van der Waals surface area (Å²) < 4.78 is 5.29. The lowest BCUT2D eigenvalue weighted by Gasteiger charge is -2.28. The lowest BCUT2D eigenvalue weighted by atomic mass is 9.92. The molecule has 0 radical (unpaired) electrons. The van der Waals surface area contributed by atoms with Gasteiger partial charge in [0, 0.05) is 6.04 Å². The van der Waals surface area contributed by atoms with Gasteiger partial charge in [-0.05, 0) is 37.8 Å². The van der Waals surface area contributed by atoms with E-state index in [0.717, 1.165) is 31.4 Å². The van der Waals surface area contributed by atoms with E-state index >= 15 is 0 Å². The van der Waals surface area contributed by atoms with Crippen LogP contribution in [-0.4, -0.2) is 24.4 Å². The number of nitriles is 1. The van der Waals surface area contributed by atoms with Crippen molar-refractivity contribution in [3.63, 3.8) is 0 Å². The molecule has 0 spiro atoms. The van der Waals surface area contributed by atoms with Crippen molar-refractivity contribution in [1.29, 1.82) is 5.26 Å². The maximum Gasteiger partial charge on any atom is 0.143 e. The van der Waals surface area contributed by atoms with Crippen LogP contribution in [0.2, 0.25) is 0 Å². The number of anilines is 1. The monoisotopic (exact) mass is 246 g/mol. The van der Waals surface area contributed by atoms with Crippen molar-refractivity contribution in [1.82, 2.24) is 0 Å². The predicted molar refractivity (Wildman–Crippen MR) is 69.6 cm³/mol. The molecular formula is C14H18N2O2. The summed E-state index contributed by atoms with van der Waals surface area (Å²) in [5.74, 6) is 0.695. The number of benzene rings is 1. The fourth-order valence-electron chi connectivity index (χ4n) is 2.37. The third-order valence-electron chi connectivity index (χ3n) is 3.41. The highest BCUT2D eigenvalue weighted by molar-refractivity contribution is 5.66. The zero-order chi connectivity index (χ0) is 13.0. The molecule has 2 rings (SSSR count). The third kappa shape index (κ3) is 2.74. The van der Waals surface area contributed by atoms with E-state index in [-0.39, 0.29) is 6.10 Å². The Bertz CT molecular complexity index is 446. The second kappa shape index (κ2) is 5.74.